The van der Waals surface area contributed by atoms with E-state index >= 15 is 0 Å². The number of hydrogen-bond donors (Lipinski definition) is 0. The molecule has 0 saturated carbocycles. The lowest BCUT2D eigenvalue weighted by molar-refractivity contribution is -0.384. The fourth-order valence-corrected chi connectivity index (χ4v) is 5.90. The summed E-state index contributed by atoms with van der Waals surface area (Å²) in [6, 6.07) is 8.90. The lowest BCUT2D eigenvalue weighted by atomic mass is 10.1. The average Bonchev–Trinajstić information content (AvgIpc) is 3.33. The second-order valence-corrected chi connectivity index (χ2v) is 10.4. The Balaban J connectivity index is 1.49. The van der Waals surface area contributed by atoms with Gasteiger partial charge in [0.1, 0.15) is 5.69 Å². The van der Waals surface area contributed by atoms with Gasteiger partial charge in [-0.3, -0.25) is 24.7 Å². The zero-order valence-corrected chi connectivity index (χ0v) is 22.0. The zero-order chi connectivity index (χ0) is 25.9. The van der Waals surface area contributed by atoms with Crippen LogP contribution in [0.2, 0.25) is 0 Å². The first-order valence-electron chi connectivity index (χ1n) is 12.5. The normalized spacial score (nSPS) is 16.8. The minimum Gasteiger partial charge on any atom is -0.379 e. The summed E-state index contributed by atoms with van der Waals surface area (Å²) in [5, 5.41) is 12.6. The first kappa shape index (κ1) is 25.5. The number of anilines is 2. The molecule has 3 heterocycles. The maximum absolute atomic E-state index is 13.9. The van der Waals surface area contributed by atoms with Gasteiger partial charge in [-0.25, -0.2) is 4.98 Å². The van der Waals surface area contributed by atoms with Crippen LogP contribution in [0.5, 0.6) is 0 Å². The number of aromatic nitrogens is 1. The summed E-state index contributed by atoms with van der Waals surface area (Å²) in [5.74, 6) is -0.293. The predicted molar refractivity (Wildman–Crippen MR) is 144 cm³/mol. The SMILES string of the molecule is Cc1cc(C)c2sc(N(CCN3CCOCC3)C(=O)c3ccc(N4CCOCC4)c([N+](=O)[O-])c3)nc2c1. The van der Waals surface area contributed by atoms with Crippen LogP contribution in [-0.4, -0.2) is 86.4 Å². The summed E-state index contributed by atoms with van der Waals surface area (Å²) in [6.07, 6.45) is 0. The van der Waals surface area contributed by atoms with Gasteiger partial charge in [0.25, 0.3) is 11.6 Å². The van der Waals surface area contributed by atoms with Gasteiger partial charge in [0, 0.05) is 50.9 Å². The van der Waals surface area contributed by atoms with Crippen molar-refractivity contribution in [2.75, 3.05) is 75.5 Å². The van der Waals surface area contributed by atoms with Crippen molar-refractivity contribution in [3.63, 3.8) is 0 Å². The van der Waals surface area contributed by atoms with Gasteiger partial charge in [-0.05, 0) is 43.2 Å². The van der Waals surface area contributed by atoms with Crippen molar-refractivity contribution in [2.24, 2.45) is 0 Å². The van der Waals surface area contributed by atoms with E-state index in [1.54, 1.807) is 17.0 Å². The maximum Gasteiger partial charge on any atom is 0.293 e. The molecule has 1 aromatic heterocycles. The predicted octanol–water partition coefficient (Wildman–Crippen LogP) is 3.64. The van der Waals surface area contributed by atoms with Crippen LogP contribution in [0.3, 0.4) is 0 Å². The molecule has 5 rings (SSSR count). The first-order chi connectivity index (χ1) is 17.9. The Morgan fingerprint density at radius 2 is 1.78 bits per heavy atom. The highest BCUT2D eigenvalue weighted by Crippen LogP contribution is 2.34. The number of thiazole rings is 1. The van der Waals surface area contributed by atoms with Crippen molar-refractivity contribution >= 4 is 44.0 Å². The number of carbonyl (C=O) groups excluding carboxylic acids is 1. The molecule has 0 atom stereocenters. The molecule has 37 heavy (non-hydrogen) atoms. The van der Waals surface area contributed by atoms with Crippen molar-refractivity contribution in [1.82, 2.24) is 9.88 Å². The number of carbonyl (C=O) groups is 1. The van der Waals surface area contributed by atoms with E-state index in [-0.39, 0.29) is 17.2 Å². The lowest BCUT2D eigenvalue weighted by Gasteiger charge is -2.30. The van der Waals surface area contributed by atoms with Crippen molar-refractivity contribution < 1.29 is 19.2 Å². The summed E-state index contributed by atoms with van der Waals surface area (Å²) in [5.41, 5.74) is 3.80. The van der Waals surface area contributed by atoms with Crippen LogP contribution >= 0.6 is 11.3 Å². The van der Waals surface area contributed by atoms with E-state index in [0.29, 0.717) is 63.4 Å². The number of hydrogen-bond acceptors (Lipinski definition) is 9. The molecule has 1 amide bonds. The van der Waals surface area contributed by atoms with Gasteiger partial charge in [0.15, 0.2) is 5.13 Å². The number of amides is 1. The Kier molecular flexibility index (Phi) is 7.65. The van der Waals surface area contributed by atoms with Crippen molar-refractivity contribution in [1.29, 1.82) is 0 Å². The van der Waals surface area contributed by atoms with E-state index in [4.69, 9.17) is 14.5 Å². The summed E-state index contributed by atoms with van der Waals surface area (Å²) < 4.78 is 11.9. The molecule has 196 valence electrons. The van der Waals surface area contributed by atoms with E-state index in [0.717, 1.165) is 34.4 Å². The molecule has 0 N–H and O–H groups in total. The van der Waals surface area contributed by atoms with Gasteiger partial charge in [-0.15, -0.1) is 0 Å². The van der Waals surface area contributed by atoms with Crippen molar-refractivity contribution in [3.8, 4) is 0 Å². The molecule has 10 nitrogen and oxygen atoms in total. The van der Waals surface area contributed by atoms with Crippen LogP contribution in [0, 0.1) is 24.0 Å². The number of nitro benzene ring substituents is 1. The van der Waals surface area contributed by atoms with Gasteiger partial charge >= 0.3 is 0 Å². The zero-order valence-electron chi connectivity index (χ0n) is 21.1. The number of morpholine rings is 2. The molecule has 0 unspecified atom stereocenters. The van der Waals surface area contributed by atoms with E-state index in [1.807, 2.05) is 24.8 Å². The lowest BCUT2D eigenvalue weighted by Crippen LogP contribution is -2.43. The highest BCUT2D eigenvalue weighted by Gasteiger charge is 2.27. The van der Waals surface area contributed by atoms with Gasteiger partial charge < -0.3 is 14.4 Å². The molecule has 2 saturated heterocycles. The van der Waals surface area contributed by atoms with Crippen molar-refractivity contribution in [2.45, 2.75) is 13.8 Å². The molecule has 3 aromatic rings. The average molecular weight is 526 g/mol. The monoisotopic (exact) mass is 525 g/mol. The maximum atomic E-state index is 13.9. The molecular formula is C26H31N5O5S. The van der Waals surface area contributed by atoms with Gasteiger partial charge in [-0.2, -0.15) is 0 Å². The number of benzene rings is 2. The second-order valence-electron chi connectivity index (χ2n) is 9.40. The highest BCUT2D eigenvalue weighted by atomic mass is 32.1. The number of aryl methyl sites for hydroxylation is 2. The minimum absolute atomic E-state index is 0.0725. The van der Waals surface area contributed by atoms with E-state index < -0.39 is 4.92 Å². The molecule has 2 aliphatic heterocycles. The molecule has 2 aliphatic rings. The summed E-state index contributed by atoms with van der Waals surface area (Å²) in [7, 11) is 0. The number of nitrogens with zero attached hydrogens (tertiary/aromatic N) is 5. The van der Waals surface area contributed by atoms with Gasteiger partial charge in [0.2, 0.25) is 0 Å². The minimum atomic E-state index is -0.413. The molecule has 0 bridgehead atoms. The largest absolute Gasteiger partial charge is 0.379 e. The molecule has 0 radical (unpaired) electrons. The van der Waals surface area contributed by atoms with E-state index in [1.165, 1.54) is 17.4 Å². The molecule has 11 heteroatoms. The first-order valence-corrected chi connectivity index (χ1v) is 13.3. The van der Waals surface area contributed by atoms with Crippen LogP contribution in [-0.2, 0) is 9.47 Å². The van der Waals surface area contributed by atoms with Gasteiger partial charge in [0.05, 0.1) is 41.6 Å². The third-order valence-corrected chi connectivity index (χ3v) is 8.03. The summed E-state index contributed by atoms with van der Waals surface area (Å²) >= 11 is 1.48. The molecular weight excluding hydrogens is 494 g/mol. The Labute approximate surface area is 219 Å². The fraction of sp³-hybridized carbons (Fsp3) is 0.462. The van der Waals surface area contributed by atoms with E-state index in [9.17, 15) is 14.9 Å². The van der Waals surface area contributed by atoms with Crippen LogP contribution in [0.25, 0.3) is 10.2 Å². The molecule has 2 fully saturated rings. The Bertz CT molecular complexity index is 1300. The number of ether oxygens (including phenoxy) is 2. The van der Waals surface area contributed by atoms with Crippen LogP contribution < -0.4 is 9.80 Å². The topological polar surface area (TPSA) is 101 Å². The Morgan fingerprint density at radius 1 is 1.08 bits per heavy atom. The van der Waals surface area contributed by atoms with Gasteiger partial charge in [-0.1, -0.05) is 17.4 Å². The summed E-state index contributed by atoms with van der Waals surface area (Å²) in [6.45, 7) is 10.3. The molecule has 2 aromatic carbocycles. The Morgan fingerprint density at radius 3 is 2.49 bits per heavy atom. The number of nitro groups is 1. The molecule has 0 spiro atoms. The second kappa shape index (κ2) is 11.1. The Hall–Kier alpha value is -3.12. The van der Waals surface area contributed by atoms with Crippen LogP contribution in [0.15, 0.2) is 30.3 Å². The smallest absolute Gasteiger partial charge is 0.293 e. The highest BCUT2D eigenvalue weighted by molar-refractivity contribution is 7.22. The quantitative estimate of drug-likeness (QED) is 0.340. The number of fused-ring (bicyclic) bond motifs is 1. The third-order valence-electron chi connectivity index (χ3n) is 6.80. The molecule has 0 aliphatic carbocycles. The van der Waals surface area contributed by atoms with E-state index in [2.05, 4.69) is 11.0 Å². The number of rotatable bonds is 7. The van der Waals surface area contributed by atoms with Crippen LogP contribution in [0.1, 0.15) is 21.5 Å². The van der Waals surface area contributed by atoms with Crippen LogP contribution in [0.4, 0.5) is 16.5 Å². The van der Waals surface area contributed by atoms with Crippen molar-refractivity contribution in [3.05, 3.63) is 57.1 Å². The fourth-order valence-electron chi connectivity index (χ4n) is 4.86. The summed E-state index contributed by atoms with van der Waals surface area (Å²) in [4.78, 5) is 36.2. The standard InChI is InChI=1S/C26H31N5O5S/c1-18-15-19(2)24-21(16-18)27-26(37-24)30(6-5-28-7-11-35-12-8-28)25(32)20-3-4-22(23(17-20)31(33)34)29-9-13-36-14-10-29/h3-4,15-17H,5-14H2,1-2H3. The third kappa shape index (κ3) is 5.59.